The van der Waals surface area contributed by atoms with Gasteiger partial charge in [0.05, 0.1) is 23.9 Å². The number of methoxy groups -OCH3 is 1. The average molecular weight is 418 g/mol. The van der Waals surface area contributed by atoms with Crippen molar-refractivity contribution < 1.29 is 14.6 Å². The van der Waals surface area contributed by atoms with E-state index < -0.39 is 5.91 Å². The van der Waals surface area contributed by atoms with Crippen molar-refractivity contribution in [3.05, 3.63) is 56.0 Å². The summed E-state index contributed by atoms with van der Waals surface area (Å²) >= 11 is 15.0. The molecule has 0 fully saturated rings. The third-order valence-electron chi connectivity index (χ3n) is 2.83. The van der Waals surface area contributed by atoms with Crippen LogP contribution in [0.15, 0.2) is 39.9 Å². The number of phenolic OH excluding ortho intramolecular Hbond substituents is 1. The first-order valence-corrected chi connectivity index (χ1v) is 7.82. The monoisotopic (exact) mass is 416 g/mol. The van der Waals surface area contributed by atoms with E-state index in [1.54, 1.807) is 18.2 Å². The molecule has 23 heavy (non-hydrogen) atoms. The summed E-state index contributed by atoms with van der Waals surface area (Å²) < 4.78 is 5.73. The number of ether oxygens (including phenoxy) is 1. The minimum Gasteiger partial charge on any atom is -0.504 e. The standard InChI is InChI=1S/C15H11BrCl2N2O3/c1-23-13-5-9(16)4-8(14(13)21)7-19-20-15(22)11-3-2-10(17)6-12(11)18/h2-7,21H,1H3,(H,20,22)/b19-7-. The maximum absolute atomic E-state index is 12.0. The number of hydrogen-bond donors (Lipinski definition) is 2. The quantitative estimate of drug-likeness (QED) is 0.577. The Labute approximate surface area is 151 Å². The molecule has 0 unspecified atom stereocenters. The van der Waals surface area contributed by atoms with Gasteiger partial charge in [-0.2, -0.15) is 5.10 Å². The second-order valence-corrected chi connectivity index (χ2v) is 6.13. The predicted molar refractivity (Wildman–Crippen MR) is 93.9 cm³/mol. The van der Waals surface area contributed by atoms with Gasteiger partial charge in [0.25, 0.3) is 5.91 Å². The lowest BCUT2D eigenvalue weighted by atomic mass is 10.2. The molecule has 0 saturated heterocycles. The number of nitrogens with one attached hydrogen (secondary N) is 1. The summed E-state index contributed by atoms with van der Waals surface area (Å²) in [5.74, 6) is -0.296. The second-order valence-electron chi connectivity index (χ2n) is 4.37. The van der Waals surface area contributed by atoms with Crippen LogP contribution in [-0.2, 0) is 0 Å². The summed E-state index contributed by atoms with van der Waals surface area (Å²) in [6, 6.07) is 7.75. The molecule has 5 nitrogen and oxygen atoms in total. The first-order valence-electron chi connectivity index (χ1n) is 6.27. The maximum atomic E-state index is 12.0. The summed E-state index contributed by atoms with van der Waals surface area (Å²) in [7, 11) is 1.44. The van der Waals surface area contributed by atoms with E-state index in [1.165, 1.54) is 25.5 Å². The zero-order valence-electron chi connectivity index (χ0n) is 11.8. The number of nitrogens with zero attached hydrogens (tertiary/aromatic N) is 1. The van der Waals surface area contributed by atoms with Crippen LogP contribution in [0.25, 0.3) is 0 Å². The van der Waals surface area contributed by atoms with Gasteiger partial charge in [-0.05, 0) is 30.3 Å². The Kier molecular flexibility index (Phi) is 5.87. The number of rotatable bonds is 4. The molecule has 2 N–H and O–H groups in total. The van der Waals surface area contributed by atoms with E-state index in [1.807, 2.05) is 0 Å². The zero-order chi connectivity index (χ0) is 17.0. The van der Waals surface area contributed by atoms with Gasteiger partial charge in [0.15, 0.2) is 11.5 Å². The molecule has 0 aliphatic rings. The van der Waals surface area contributed by atoms with Gasteiger partial charge in [-0.25, -0.2) is 5.43 Å². The molecule has 1 amide bonds. The van der Waals surface area contributed by atoms with E-state index in [4.69, 9.17) is 27.9 Å². The van der Waals surface area contributed by atoms with Crippen LogP contribution in [0.3, 0.4) is 0 Å². The number of phenols is 1. The first kappa shape index (κ1) is 17.6. The lowest BCUT2D eigenvalue weighted by Gasteiger charge is -2.07. The highest BCUT2D eigenvalue weighted by Crippen LogP contribution is 2.32. The lowest BCUT2D eigenvalue weighted by Crippen LogP contribution is -2.18. The minimum absolute atomic E-state index is 0.0850. The molecule has 2 aromatic carbocycles. The largest absolute Gasteiger partial charge is 0.504 e. The van der Waals surface area contributed by atoms with Gasteiger partial charge in [-0.3, -0.25) is 4.79 Å². The molecule has 0 aliphatic heterocycles. The topological polar surface area (TPSA) is 70.9 Å². The van der Waals surface area contributed by atoms with Crippen molar-refractivity contribution in [1.29, 1.82) is 0 Å². The van der Waals surface area contributed by atoms with E-state index in [-0.39, 0.29) is 22.1 Å². The number of carbonyl (C=O) groups excluding carboxylic acids is 1. The van der Waals surface area contributed by atoms with Crippen LogP contribution >= 0.6 is 39.1 Å². The van der Waals surface area contributed by atoms with Crippen LogP contribution in [0.5, 0.6) is 11.5 Å². The highest BCUT2D eigenvalue weighted by Gasteiger charge is 2.11. The Balaban J connectivity index is 2.16. The van der Waals surface area contributed by atoms with Gasteiger partial charge in [0, 0.05) is 15.1 Å². The molecule has 0 heterocycles. The van der Waals surface area contributed by atoms with Crippen molar-refractivity contribution in [1.82, 2.24) is 5.43 Å². The van der Waals surface area contributed by atoms with Crippen molar-refractivity contribution in [3.8, 4) is 11.5 Å². The summed E-state index contributed by atoms with van der Waals surface area (Å²) in [5, 5.41) is 14.4. The Hall–Kier alpha value is -1.76. The third-order valence-corrected chi connectivity index (χ3v) is 3.84. The maximum Gasteiger partial charge on any atom is 0.272 e. The summed E-state index contributed by atoms with van der Waals surface area (Å²) in [6.45, 7) is 0. The molecule has 0 bridgehead atoms. The molecule has 120 valence electrons. The third kappa shape index (κ3) is 4.37. The molecule has 0 radical (unpaired) electrons. The molecule has 0 aromatic heterocycles. The number of amides is 1. The fourth-order valence-corrected chi connectivity index (χ4v) is 2.69. The molecule has 2 aromatic rings. The number of aromatic hydroxyl groups is 1. The Morgan fingerprint density at radius 1 is 1.35 bits per heavy atom. The number of halogens is 3. The Bertz CT molecular complexity index is 782. The fraction of sp³-hybridized carbons (Fsp3) is 0.0667. The van der Waals surface area contributed by atoms with Crippen LogP contribution in [0.4, 0.5) is 0 Å². The van der Waals surface area contributed by atoms with Gasteiger partial charge in [-0.1, -0.05) is 39.1 Å². The van der Waals surface area contributed by atoms with Gasteiger partial charge >= 0.3 is 0 Å². The molecule has 0 saturated carbocycles. The Morgan fingerprint density at radius 2 is 2.09 bits per heavy atom. The average Bonchev–Trinajstić information content (AvgIpc) is 2.50. The van der Waals surface area contributed by atoms with Gasteiger partial charge < -0.3 is 9.84 Å². The highest BCUT2D eigenvalue weighted by atomic mass is 79.9. The molecular formula is C15H11BrCl2N2O3. The normalized spacial score (nSPS) is 10.8. The van der Waals surface area contributed by atoms with Crippen LogP contribution in [0.1, 0.15) is 15.9 Å². The van der Waals surface area contributed by atoms with E-state index in [2.05, 4.69) is 26.5 Å². The smallest absolute Gasteiger partial charge is 0.272 e. The number of carbonyl (C=O) groups is 1. The molecule has 0 spiro atoms. The van der Waals surface area contributed by atoms with E-state index >= 15 is 0 Å². The van der Waals surface area contributed by atoms with E-state index in [9.17, 15) is 9.90 Å². The highest BCUT2D eigenvalue weighted by molar-refractivity contribution is 9.10. The summed E-state index contributed by atoms with van der Waals surface area (Å²) in [4.78, 5) is 12.0. The van der Waals surface area contributed by atoms with Crippen LogP contribution in [0.2, 0.25) is 10.0 Å². The fourth-order valence-electron chi connectivity index (χ4n) is 1.74. The zero-order valence-corrected chi connectivity index (χ0v) is 14.9. The molecule has 0 atom stereocenters. The SMILES string of the molecule is COc1cc(Br)cc(/C=N\NC(=O)c2ccc(Cl)cc2Cl)c1O. The summed E-state index contributed by atoms with van der Waals surface area (Å²) in [6.07, 6.45) is 1.30. The summed E-state index contributed by atoms with van der Waals surface area (Å²) in [5.41, 5.74) is 2.94. The Morgan fingerprint density at radius 3 is 2.74 bits per heavy atom. The van der Waals surface area contributed by atoms with Crippen molar-refractivity contribution in [2.24, 2.45) is 5.10 Å². The van der Waals surface area contributed by atoms with E-state index in [0.29, 0.717) is 15.1 Å². The van der Waals surface area contributed by atoms with Crippen molar-refractivity contribution in [3.63, 3.8) is 0 Å². The molecule has 2 rings (SSSR count). The van der Waals surface area contributed by atoms with Gasteiger partial charge in [0.2, 0.25) is 0 Å². The number of hydrogen-bond acceptors (Lipinski definition) is 4. The lowest BCUT2D eigenvalue weighted by molar-refractivity contribution is 0.0955. The molecule has 8 heteroatoms. The number of hydrazone groups is 1. The van der Waals surface area contributed by atoms with E-state index in [0.717, 1.165) is 0 Å². The molecular weight excluding hydrogens is 407 g/mol. The van der Waals surface area contributed by atoms with Crippen molar-refractivity contribution >= 4 is 51.3 Å². The van der Waals surface area contributed by atoms with Crippen LogP contribution in [-0.4, -0.2) is 24.3 Å². The minimum atomic E-state index is -0.496. The van der Waals surface area contributed by atoms with Crippen LogP contribution in [0, 0.1) is 0 Å². The van der Waals surface area contributed by atoms with Crippen molar-refractivity contribution in [2.45, 2.75) is 0 Å². The van der Waals surface area contributed by atoms with Crippen LogP contribution < -0.4 is 10.2 Å². The predicted octanol–water partition coefficient (Wildman–Crippen LogP) is 4.23. The second kappa shape index (κ2) is 7.68. The number of benzene rings is 2. The molecule has 0 aliphatic carbocycles. The van der Waals surface area contributed by atoms with Gasteiger partial charge in [0.1, 0.15) is 0 Å². The van der Waals surface area contributed by atoms with Crippen molar-refractivity contribution in [2.75, 3.05) is 7.11 Å². The first-order chi connectivity index (χ1) is 10.9. The van der Waals surface area contributed by atoms with Gasteiger partial charge in [-0.15, -0.1) is 0 Å².